The molecule has 2 rings (SSSR count). The van der Waals surface area contributed by atoms with Gasteiger partial charge in [-0.1, -0.05) is 12.2 Å². The van der Waals surface area contributed by atoms with Crippen molar-refractivity contribution < 1.29 is 14.3 Å². The molecule has 0 aromatic carbocycles. The minimum absolute atomic E-state index is 0.159. The first kappa shape index (κ1) is 16.0. The van der Waals surface area contributed by atoms with Gasteiger partial charge in [-0.25, -0.2) is 0 Å². The van der Waals surface area contributed by atoms with E-state index in [0.717, 1.165) is 51.9 Å². The van der Waals surface area contributed by atoms with E-state index in [9.17, 15) is 9.59 Å². The second-order valence-electron chi connectivity index (χ2n) is 5.74. The first-order valence-electron chi connectivity index (χ1n) is 8.02. The van der Waals surface area contributed by atoms with Crippen LogP contribution in [-0.2, 0) is 14.3 Å². The predicted molar refractivity (Wildman–Crippen MR) is 80.8 cm³/mol. The van der Waals surface area contributed by atoms with Crippen LogP contribution in [0.3, 0.4) is 0 Å². The van der Waals surface area contributed by atoms with Crippen molar-refractivity contribution in [3.8, 4) is 0 Å². The zero-order valence-corrected chi connectivity index (χ0v) is 12.9. The lowest BCUT2D eigenvalue weighted by Crippen LogP contribution is -2.40. The lowest BCUT2D eigenvalue weighted by Gasteiger charge is -2.27. The van der Waals surface area contributed by atoms with Gasteiger partial charge in [-0.05, 0) is 32.6 Å². The van der Waals surface area contributed by atoms with E-state index in [2.05, 4.69) is 17.1 Å². The van der Waals surface area contributed by atoms with Gasteiger partial charge in [-0.3, -0.25) is 14.5 Å². The summed E-state index contributed by atoms with van der Waals surface area (Å²) in [6.45, 7) is 5.71. The molecule has 0 bridgehead atoms. The molecule has 0 spiro atoms. The van der Waals surface area contributed by atoms with E-state index in [0.29, 0.717) is 13.2 Å². The van der Waals surface area contributed by atoms with Gasteiger partial charge >= 0.3 is 5.97 Å². The average molecular weight is 294 g/mol. The third kappa shape index (κ3) is 4.84. The maximum atomic E-state index is 12.5. The largest absolute Gasteiger partial charge is 0.465 e. The number of rotatable bonds is 4. The molecular formula is C16H26N2O3. The van der Waals surface area contributed by atoms with Gasteiger partial charge in [-0.15, -0.1) is 0 Å². The van der Waals surface area contributed by atoms with Crippen LogP contribution in [0.2, 0.25) is 0 Å². The number of hydrogen-bond acceptors (Lipinski definition) is 4. The van der Waals surface area contributed by atoms with Crippen molar-refractivity contribution in [3.63, 3.8) is 0 Å². The van der Waals surface area contributed by atoms with Crippen molar-refractivity contribution in [2.45, 2.75) is 32.6 Å². The molecule has 5 nitrogen and oxygen atoms in total. The average Bonchev–Trinajstić information content (AvgIpc) is 2.73. The molecule has 21 heavy (non-hydrogen) atoms. The number of allylic oxidation sites excluding steroid dienone is 2. The summed E-state index contributed by atoms with van der Waals surface area (Å²) in [7, 11) is 0. The highest BCUT2D eigenvalue weighted by atomic mass is 16.5. The lowest BCUT2D eigenvalue weighted by molar-refractivity contribution is -0.144. The Hall–Kier alpha value is -1.36. The van der Waals surface area contributed by atoms with Gasteiger partial charge in [0.05, 0.1) is 13.2 Å². The van der Waals surface area contributed by atoms with Crippen molar-refractivity contribution in [3.05, 3.63) is 12.2 Å². The Morgan fingerprint density at radius 2 is 2.05 bits per heavy atom. The summed E-state index contributed by atoms with van der Waals surface area (Å²) in [5.41, 5.74) is 0. The summed E-state index contributed by atoms with van der Waals surface area (Å²) in [6, 6.07) is 0. The molecule has 0 aromatic rings. The Morgan fingerprint density at radius 1 is 1.19 bits per heavy atom. The Balaban J connectivity index is 1.81. The third-order valence-corrected chi connectivity index (χ3v) is 4.18. The highest BCUT2D eigenvalue weighted by molar-refractivity contribution is 5.79. The van der Waals surface area contributed by atoms with Gasteiger partial charge in [-0.2, -0.15) is 0 Å². The number of ether oxygens (including phenoxy) is 1. The quantitative estimate of drug-likeness (QED) is 0.581. The summed E-state index contributed by atoms with van der Waals surface area (Å²) >= 11 is 0. The fourth-order valence-corrected chi connectivity index (χ4v) is 3.01. The van der Waals surface area contributed by atoms with Gasteiger partial charge in [0.2, 0.25) is 5.91 Å². The molecule has 118 valence electrons. The molecule has 1 aliphatic heterocycles. The van der Waals surface area contributed by atoms with Crippen molar-refractivity contribution in [1.29, 1.82) is 0 Å². The topological polar surface area (TPSA) is 49.9 Å². The maximum Gasteiger partial charge on any atom is 0.320 e. The fraction of sp³-hybridized carbons (Fsp3) is 0.750. The van der Waals surface area contributed by atoms with Gasteiger partial charge in [0, 0.05) is 32.1 Å². The van der Waals surface area contributed by atoms with Crippen molar-refractivity contribution in [2.24, 2.45) is 5.92 Å². The van der Waals surface area contributed by atoms with E-state index < -0.39 is 0 Å². The van der Waals surface area contributed by atoms with Crippen LogP contribution < -0.4 is 0 Å². The Morgan fingerprint density at radius 3 is 2.76 bits per heavy atom. The maximum absolute atomic E-state index is 12.5. The fourth-order valence-electron chi connectivity index (χ4n) is 3.01. The normalized spacial score (nSPS) is 23.7. The minimum atomic E-state index is -0.172. The molecule has 0 aromatic heterocycles. The highest BCUT2D eigenvalue weighted by Crippen LogP contribution is 2.21. The smallest absolute Gasteiger partial charge is 0.320 e. The molecule has 1 fully saturated rings. The molecule has 1 heterocycles. The van der Waals surface area contributed by atoms with Crippen molar-refractivity contribution >= 4 is 11.9 Å². The van der Waals surface area contributed by atoms with Gasteiger partial charge < -0.3 is 9.64 Å². The SMILES string of the molecule is CCOC(=O)CN1CCCN(C(=O)C2CC=CCC2)CC1. The molecule has 1 unspecified atom stereocenters. The van der Waals surface area contributed by atoms with Crippen LogP contribution in [0.15, 0.2) is 12.2 Å². The van der Waals surface area contributed by atoms with Crippen molar-refractivity contribution in [2.75, 3.05) is 39.3 Å². The number of carbonyl (C=O) groups excluding carboxylic acids is 2. The molecule has 5 heteroatoms. The number of hydrogen-bond donors (Lipinski definition) is 0. The van der Waals surface area contributed by atoms with Crippen LogP contribution in [-0.4, -0.2) is 61.0 Å². The number of carbonyl (C=O) groups is 2. The second kappa shape index (κ2) is 8.17. The number of esters is 1. The summed E-state index contributed by atoms with van der Waals surface area (Å²) < 4.78 is 4.99. The highest BCUT2D eigenvalue weighted by Gasteiger charge is 2.26. The predicted octanol–water partition coefficient (Wildman–Crippen LogP) is 1.44. The summed E-state index contributed by atoms with van der Waals surface area (Å²) in [6.07, 6.45) is 8.07. The molecule has 1 atom stereocenters. The summed E-state index contributed by atoms with van der Waals surface area (Å²) in [4.78, 5) is 28.1. The molecular weight excluding hydrogens is 268 g/mol. The van der Waals surface area contributed by atoms with E-state index in [4.69, 9.17) is 4.74 Å². The van der Waals surface area contributed by atoms with Gasteiger partial charge in [0.15, 0.2) is 0 Å². The van der Waals surface area contributed by atoms with Crippen LogP contribution in [0.1, 0.15) is 32.6 Å². The zero-order valence-electron chi connectivity index (χ0n) is 12.9. The molecule has 1 saturated heterocycles. The Labute approximate surface area is 126 Å². The monoisotopic (exact) mass is 294 g/mol. The molecule has 0 N–H and O–H groups in total. The van der Waals surface area contributed by atoms with Crippen LogP contribution in [0, 0.1) is 5.92 Å². The molecule has 1 aliphatic carbocycles. The number of amides is 1. The van der Waals surface area contributed by atoms with E-state index in [1.807, 2.05) is 11.8 Å². The molecule has 0 saturated carbocycles. The Bertz CT molecular complexity index is 395. The van der Waals surface area contributed by atoms with Crippen LogP contribution in [0.25, 0.3) is 0 Å². The third-order valence-electron chi connectivity index (χ3n) is 4.18. The second-order valence-corrected chi connectivity index (χ2v) is 5.74. The first-order valence-corrected chi connectivity index (χ1v) is 8.02. The van der Waals surface area contributed by atoms with E-state index in [1.165, 1.54) is 0 Å². The van der Waals surface area contributed by atoms with E-state index in [-0.39, 0.29) is 17.8 Å². The first-order chi connectivity index (χ1) is 10.2. The zero-order chi connectivity index (χ0) is 15.1. The van der Waals surface area contributed by atoms with Crippen LogP contribution >= 0.6 is 0 Å². The summed E-state index contributed by atoms with van der Waals surface area (Å²) in [5.74, 6) is 0.277. The number of nitrogens with zero attached hydrogens (tertiary/aromatic N) is 2. The van der Waals surface area contributed by atoms with E-state index in [1.54, 1.807) is 0 Å². The molecule has 0 radical (unpaired) electrons. The lowest BCUT2D eigenvalue weighted by atomic mass is 9.93. The van der Waals surface area contributed by atoms with Gasteiger partial charge in [0.1, 0.15) is 0 Å². The van der Waals surface area contributed by atoms with Crippen molar-refractivity contribution in [1.82, 2.24) is 9.80 Å². The minimum Gasteiger partial charge on any atom is -0.465 e. The van der Waals surface area contributed by atoms with Crippen LogP contribution in [0.5, 0.6) is 0 Å². The standard InChI is InChI=1S/C16H26N2O3/c1-2-21-15(19)13-17-9-6-10-18(12-11-17)16(20)14-7-4-3-5-8-14/h3-4,14H,2,5-13H2,1H3. The Kier molecular flexibility index (Phi) is 6.23. The molecule has 1 amide bonds. The van der Waals surface area contributed by atoms with Gasteiger partial charge in [0.25, 0.3) is 0 Å². The van der Waals surface area contributed by atoms with Crippen LogP contribution in [0.4, 0.5) is 0 Å². The molecule has 2 aliphatic rings. The van der Waals surface area contributed by atoms with E-state index >= 15 is 0 Å². The summed E-state index contributed by atoms with van der Waals surface area (Å²) in [5, 5.41) is 0.